The lowest BCUT2D eigenvalue weighted by atomic mass is 9.93. The van der Waals surface area contributed by atoms with Crippen LogP contribution in [-0.2, 0) is 6.42 Å². The van der Waals surface area contributed by atoms with Crippen LogP contribution in [0.25, 0.3) is 0 Å². The molecule has 1 aromatic rings. The van der Waals surface area contributed by atoms with E-state index in [1.807, 2.05) is 12.1 Å². The zero-order valence-electron chi connectivity index (χ0n) is 10.4. The highest BCUT2D eigenvalue weighted by Crippen LogP contribution is 2.17. The van der Waals surface area contributed by atoms with E-state index in [1.165, 1.54) is 12.8 Å². The summed E-state index contributed by atoms with van der Waals surface area (Å²) in [5, 5.41) is 0. The average Bonchev–Trinajstić information content (AvgIpc) is 2.83. The van der Waals surface area contributed by atoms with Crippen molar-refractivity contribution in [2.45, 2.75) is 52.0 Å². The van der Waals surface area contributed by atoms with Crippen molar-refractivity contribution >= 4 is 0 Å². The number of hydrogen-bond acceptors (Lipinski definition) is 3. The molecule has 92 valence electrons. The third-order valence-corrected chi connectivity index (χ3v) is 3.33. The Labute approximate surface area is 98.4 Å². The van der Waals surface area contributed by atoms with Gasteiger partial charge in [0.05, 0.1) is 6.26 Å². The van der Waals surface area contributed by atoms with E-state index in [0.29, 0.717) is 6.04 Å². The van der Waals surface area contributed by atoms with Crippen LogP contribution in [0.2, 0.25) is 0 Å². The standard InChI is InChI=1S/C13H24N2O/c1-3-11(4-2)10-12(15-14)7-8-13-6-5-9-16-13/h5-6,9,11-12,15H,3-4,7-8,10,14H2,1-2H3. The number of aryl methyl sites for hydroxylation is 1. The fourth-order valence-corrected chi connectivity index (χ4v) is 2.06. The van der Waals surface area contributed by atoms with E-state index >= 15 is 0 Å². The van der Waals surface area contributed by atoms with E-state index in [4.69, 9.17) is 10.3 Å². The number of nitrogens with two attached hydrogens (primary N) is 1. The van der Waals surface area contributed by atoms with Crippen molar-refractivity contribution in [1.82, 2.24) is 5.43 Å². The molecule has 1 aromatic heterocycles. The van der Waals surface area contributed by atoms with E-state index in [9.17, 15) is 0 Å². The largest absolute Gasteiger partial charge is 0.469 e. The van der Waals surface area contributed by atoms with Gasteiger partial charge < -0.3 is 4.42 Å². The van der Waals surface area contributed by atoms with Crippen LogP contribution in [0.4, 0.5) is 0 Å². The van der Waals surface area contributed by atoms with Crippen molar-refractivity contribution in [2.75, 3.05) is 0 Å². The highest BCUT2D eigenvalue weighted by atomic mass is 16.3. The van der Waals surface area contributed by atoms with Crippen LogP contribution in [-0.4, -0.2) is 6.04 Å². The molecular formula is C13H24N2O. The predicted octanol–water partition coefficient (Wildman–Crippen LogP) is 2.87. The summed E-state index contributed by atoms with van der Waals surface area (Å²) in [7, 11) is 0. The quantitative estimate of drug-likeness (QED) is 0.527. The number of furan rings is 1. The minimum absolute atomic E-state index is 0.398. The van der Waals surface area contributed by atoms with Crippen molar-refractivity contribution in [1.29, 1.82) is 0 Å². The van der Waals surface area contributed by atoms with Gasteiger partial charge in [-0.15, -0.1) is 0 Å². The molecule has 0 amide bonds. The summed E-state index contributed by atoms with van der Waals surface area (Å²) in [6.07, 6.45) is 7.35. The monoisotopic (exact) mass is 224 g/mol. The summed E-state index contributed by atoms with van der Waals surface area (Å²) in [4.78, 5) is 0. The zero-order chi connectivity index (χ0) is 11.8. The number of hydrazine groups is 1. The van der Waals surface area contributed by atoms with Crippen LogP contribution in [0.15, 0.2) is 22.8 Å². The van der Waals surface area contributed by atoms with Gasteiger partial charge in [-0.2, -0.15) is 0 Å². The highest BCUT2D eigenvalue weighted by molar-refractivity contribution is 4.98. The lowest BCUT2D eigenvalue weighted by Gasteiger charge is -2.20. The molecule has 0 aliphatic carbocycles. The molecule has 1 heterocycles. The molecule has 3 heteroatoms. The van der Waals surface area contributed by atoms with Crippen molar-refractivity contribution in [3.8, 4) is 0 Å². The molecule has 3 nitrogen and oxygen atoms in total. The van der Waals surface area contributed by atoms with E-state index in [1.54, 1.807) is 6.26 Å². The molecule has 0 saturated carbocycles. The van der Waals surface area contributed by atoms with Gasteiger partial charge in [-0.25, -0.2) is 0 Å². The fraction of sp³-hybridized carbons (Fsp3) is 0.692. The normalized spacial score (nSPS) is 13.2. The zero-order valence-corrected chi connectivity index (χ0v) is 10.4. The second-order valence-electron chi connectivity index (χ2n) is 4.40. The van der Waals surface area contributed by atoms with Gasteiger partial charge in [-0.05, 0) is 30.9 Å². The topological polar surface area (TPSA) is 51.2 Å². The van der Waals surface area contributed by atoms with Gasteiger partial charge in [0, 0.05) is 12.5 Å². The summed E-state index contributed by atoms with van der Waals surface area (Å²) >= 11 is 0. The predicted molar refractivity (Wildman–Crippen MR) is 66.8 cm³/mol. The highest BCUT2D eigenvalue weighted by Gasteiger charge is 2.13. The molecule has 0 aliphatic heterocycles. The van der Waals surface area contributed by atoms with Gasteiger partial charge in [0.25, 0.3) is 0 Å². The first-order valence-corrected chi connectivity index (χ1v) is 6.28. The van der Waals surface area contributed by atoms with Crippen LogP contribution in [0, 0.1) is 5.92 Å². The SMILES string of the molecule is CCC(CC)CC(CCc1ccco1)NN. The van der Waals surface area contributed by atoms with Gasteiger partial charge >= 0.3 is 0 Å². The van der Waals surface area contributed by atoms with Crippen molar-refractivity contribution in [2.24, 2.45) is 11.8 Å². The van der Waals surface area contributed by atoms with Gasteiger partial charge in [-0.3, -0.25) is 11.3 Å². The van der Waals surface area contributed by atoms with E-state index in [0.717, 1.165) is 30.9 Å². The minimum Gasteiger partial charge on any atom is -0.469 e. The summed E-state index contributed by atoms with van der Waals surface area (Å²) < 4.78 is 5.32. The Balaban J connectivity index is 2.31. The first-order valence-electron chi connectivity index (χ1n) is 6.28. The molecule has 1 rings (SSSR count). The molecule has 0 fully saturated rings. The molecule has 3 N–H and O–H groups in total. The van der Waals surface area contributed by atoms with Gasteiger partial charge in [0.15, 0.2) is 0 Å². The molecule has 0 radical (unpaired) electrons. The summed E-state index contributed by atoms with van der Waals surface area (Å²) in [6.45, 7) is 4.49. The first kappa shape index (κ1) is 13.3. The molecule has 0 spiro atoms. The van der Waals surface area contributed by atoms with Crippen LogP contribution >= 0.6 is 0 Å². The summed E-state index contributed by atoms with van der Waals surface area (Å²) in [6, 6.07) is 4.35. The molecular weight excluding hydrogens is 200 g/mol. The average molecular weight is 224 g/mol. The van der Waals surface area contributed by atoms with Crippen molar-refractivity contribution in [3.05, 3.63) is 24.2 Å². The van der Waals surface area contributed by atoms with Gasteiger partial charge in [-0.1, -0.05) is 26.7 Å². The molecule has 1 unspecified atom stereocenters. The van der Waals surface area contributed by atoms with E-state index in [2.05, 4.69) is 19.3 Å². The molecule has 0 aliphatic rings. The fourth-order valence-electron chi connectivity index (χ4n) is 2.06. The molecule has 0 saturated heterocycles. The van der Waals surface area contributed by atoms with Crippen molar-refractivity contribution in [3.63, 3.8) is 0 Å². The lowest BCUT2D eigenvalue weighted by Crippen LogP contribution is -2.36. The minimum atomic E-state index is 0.398. The maximum atomic E-state index is 5.59. The maximum absolute atomic E-state index is 5.59. The molecule has 1 atom stereocenters. The Kier molecular flexibility index (Phi) is 6.19. The van der Waals surface area contributed by atoms with Gasteiger partial charge in [0.2, 0.25) is 0 Å². The Bertz CT molecular complexity index is 255. The third kappa shape index (κ3) is 4.37. The van der Waals surface area contributed by atoms with Crippen LogP contribution < -0.4 is 11.3 Å². The van der Waals surface area contributed by atoms with Crippen molar-refractivity contribution < 1.29 is 4.42 Å². The Morgan fingerprint density at radius 1 is 1.38 bits per heavy atom. The van der Waals surface area contributed by atoms with Crippen LogP contribution in [0.1, 0.15) is 45.3 Å². The van der Waals surface area contributed by atoms with Crippen LogP contribution in [0.5, 0.6) is 0 Å². The Morgan fingerprint density at radius 2 is 2.12 bits per heavy atom. The second-order valence-corrected chi connectivity index (χ2v) is 4.40. The number of rotatable bonds is 8. The van der Waals surface area contributed by atoms with Gasteiger partial charge in [0.1, 0.15) is 5.76 Å². The molecule has 0 aromatic carbocycles. The Hall–Kier alpha value is -0.800. The molecule has 16 heavy (non-hydrogen) atoms. The number of hydrogen-bond donors (Lipinski definition) is 2. The van der Waals surface area contributed by atoms with E-state index < -0.39 is 0 Å². The smallest absolute Gasteiger partial charge is 0.103 e. The Morgan fingerprint density at radius 3 is 2.62 bits per heavy atom. The lowest BCUT2D eigenvalue weighted by molar-refractivity contribution is 0.348. The summed E-state index contributed by atoms with van der Waals surface area (Å²) in [5.74, 6) is 7.41. The second kappa shape index (κ2) is 7.47. The van der Waals surface area contributed by atoms with E-state index in [-0.39, 0.29) is 0 Å². The third-order valence-electron chi connectivity index (χ3n) is 3.33. The molecule has 0 bridgehead atoms. The maximum Gasteiger partial charge on any atom is 0.103 e. The first-order chi connectivity index (χ1) is 7.80. The number of nitrogens with one attached hydrogen (secondary N) is 1. The van der Waals surface area contributed by atoms with Crippen LogP contribution in [0.3, 0.4) is 0 Å². The summed E-state index contributed by atoms with van der Waals surface area (Å²) in [5.41, 5.74) is 2.92.